The normalized spacial score (nSPS) is 12.0. The summed E-state index contributed by atoms with van der Waals surface area (Å²) in [5.41, 5.74) is 0.162. The molecule has 0 spiro atoms. The van der Waals surface area contributed by atoms with Crippen LogP contribution < -0.4 is 10.6 Å². The zero-order valence-electron chi connectivity index (χ0n) is 11.2. The van der Waals surface area contributed by atoms with Gasteiger partial charge in [0.2, 0.25) is 5.91 Å². The molecule has 118 valence electrons. The van der Waals surface area contributed by atoms with Crippen molar-refractivity contribution in [3.8, 4) is 0 Å². The van der Waals surface area contributed by atoms with Gasteiger partial charge in [-0.2, -0.15) is 13.2 Å². The monoisotopic (exact) mass is 324 g/mol. The predicted octanol–water partition coefficient (Wildman–Crippen LogP) is 2.03. The van der Waals surface area contributed by atoms with Crippen LogP contribution in [0.15, 0.2) is 24.3 Å². The van der Waals surface area contributed by atoms with Gasteiger partial charge >= 0.3 is 6.18 Å². The number of nitrogens with one attached hydrogen (secondary N) is 2. The van der Waals surface area contributed by atoms with Crippen molar-refractivity contribution in [1.82, 2.24) is 0 Å². The van der Waals surface area contributed by atoms with Gasteiger partial charge in [0.1, 0.15) is 12.3 Å². The lowest BCUT2D eigenvalue weighted by Crippen LogP contribution is -2.25. The number of hydrogen-bond acceptors (Lipinski definition) is 4. The first-order chi connectivity index (χ1) is 9.63. The van der Waals surface area contributed by atoms with Gasteiger partial charge in [0.15, 0.2) is 9.84 Å². The molecule has 1 aromatic rings. The summed E-state index contributed by atoms with van der Waals surface area (Å²) in [6.45, 7) is 0.147. The topological polar surface area (TPSA) is 75.3 Å². The second-order valence-corrected chi connectivity index (χ2v) is 6.59. The molecule has 0 unspecified atom stereocenters. The van der Waals surface area contributed by atoms with Gasteiger partial charge in [0.25, 0.3) is 0 Å². The van der Waals surface area contributed by atoms with Crippen LogP contribution in [-0.4, -0.2) is 38.6 Å². The highest BCUT2D eigenvalue weighted by molar-refractivity contribution is 7.92. The smallest absolute Gasteiger partial charge is 0.375 e. The second kappa shape index (κ2) is 6.79. The summed E-state index contributed by atoms with van der Waals surface area (Å²) in [6.07, 6.45) is -4.40. The number of anilines is 2. The summed E-state index contributed by atoms with van der Waals surface area (Å²) in [4.78, 5) is 11.6. The molecule has 9 heteroatoms. The van der Waals surface area contributed by atoms with Crippen molar-refractivity contribution in [1.29, 1.82) is 0 Å². The fraction of sp³-hybridized carbons (Fsp3) is 0.417. The van der Waals surface area contributed by atoms with Crippen molar-refractivity contribution < 1.29 is 26.4 Å². The van der Waals surface area contributed by atoms with Crippen LogP contribution in [0, 0.1) is 0 Å². The SMILES string of the molecule is CCS(=O)(=O)CC(=O)Nc1ccccc1NCC(F)(F)F. The number of amides is 1. The van der Waals surface area contributed by atoms with Crippen LogP contribution in [0.3, 0.4) is 0 Å². The Bertz CT molecular complexity index is 600. The fourth-order valence-corrected chi connectivity index (χ4v) is 2.11. The molecular formula is C12H15F3N2O3S. The molecule has 2 N–H and O–H groups in total. The Balaban J connectivity index is 2.77. The van der Waals surface area contributed by atoms with Crippen LogP contribution in [0.4, 0.5) is 24.5 Å². The molecule has 0 atom stereocenters. The van der Waals surface area contributed by atoms with E-state index in [-0.39, 0.29) is 17.1 Å². The van der Waals surface area contributed by atoms with Crippen molar-refractivity contribution in [2.75, 3.05) is 28.7 Å². The molecule has 0 aliphatic rings. The molecule has 1 amide bonds. The molecule has 0 bridgehead atoms. The minimum atomic E-state index is -4.40. The number of carbonyl (C=O) groups is 1. The predicted molar refractivity (Wildman–Crippen MR) is 73.9 cm³/mol. The van der Waals surface area contributed by atoms with Crippen LogP contribution in [0.25, 0.3) is 0 Å². The summed E-state index contributed by atoms with van der Waals surface area (Å²) in [6, 6.07) is 5.75. The number of rotatable bonds is 6. The van der Waals surface area contributed by atoms with Gasteiger partial charge in [0.05, 0.1) is 11.4 Å². The van der Waals surface area contributed by atoms with E-state index >= 15 is 0 Å². The third-order valence-electron chi connectivity index (χ3n) is 2.47. The first-order valence-corrected chi connectivity index (χ1v) is 7.85. The van der Waals surface area contributed by atoms with Crippen LogP contribution in [0.1, 0.15) is 6.92 Å². The van der Waals surface area contributed by atoms with Gasteiger partial charge in [-0.1, -0.05) is 19.1 Å². The third kappa shape index (κ3) is 6.48. The fourth-order valence-electron chi connectivity index (χ4n) is 1.43. The maximum atomic E-state index is 12.2. The number of hydrogen-bond donors (Lipinski definition) is 2. The Morgan fingerprint density at radius 3 is 2.29 bits per heavy atom. The first kappa shape index (κ1) is 17.3. The van der Waals surface area contributed by atoms with Gasteiger partial charge < -0.3 is 10.6 Å². The molecule has 0 radical (unpaired) electrons. The number of alkyl halides is 3. The molecule has 1 aromatic carbocycles. The minimum absolute atomic E-state index is 0.0667. The third-order valence-corrected chi connectivity index (χ3v) is 4.05. The minimum Gasteiger partial charge on any atom is -0.375 e. The van der Waals surface area contributed by atoms with E-state index in [1.165, 1.54) is 31.2 Å². The molecule has 5 nitrogen and oxygen atoms in total. The summed E-state index contributed by atoms with van der Waals surface area (Å²) < 4.78 is 59.2. The summed E-state index contributed by atoms with van der Waals surface area (Å²) in [5.74, 6) is -1.69. The molecule has 0 saturated carbocycles. The van der Waals surface area contributed by atoms with E-state index in [0.717, 1.165) is 0 Å². The van der Waals surface area contributed by atoms with Crippen molar-refractivity contribution in [3.05, 3.63) is 24.3 Å². The molecule has 0 aliphatic carbocycles. The van der Waals surface area contributed by atoms with E-state index in [0.29, 0.717) is 0 Å². The van der Waals surface area contributed by atoms with Gasteiger partial charge in [-0.15, -0.1) is 0 Å². The zero-order chi connectivity index (χ0) is 16.1. The van der Waals surface area contributed by atoms with Crippen LogP contribution in [0.2, 0.25) is 0 Å². The Kier molecular flexibility index (Phi) is 5.59. The Hall–Kier alpha value is -1.77. The van der Waals surface area contributed by atoms with E-state index in [2.05, 4.69) is 10.6 Å². The van der Waals surface area contributed by atoms with Crippen molar-refractivity contribution in [2.45, 2.75) is 13.1 Å². The largest absolute Gasteiger partial charge is 0.405 e. The van der Waals surface area contributed by atoms with Gasteiger partial charge in [-0.3, -0.25) is 4.79 Å². The van der Waals surface area contributed by atoms with E-state index in [9.17, 15) is 26.4 Å². The van der Waals surface area contributed by atoms with Crippen molar-refractivity contribution in [3.63, 3.8) is 0 Å². The van der Waals surface area contributed by atoms with E-state index in [1.807, 2.05) is 0 Å². The van der Waals surface area contributed by atoms with Gasteiger partial charge in [-0.05, 0) is 12.1 Å². The molecule has 0 aromatic heterocycles. The highest BCUT2D eigenvalue weighted by Gasteiger charge is 2.27. The van der Waals surface area contributed by atoms with E-state index in [4.69, 9.17) is 0 Å². The lowest BCUT2D eigenvalue weighted by Gasteiger charge is -2.14. The zero-order valence-corrected chi connectivity index (χ0v) is 12.0. The second-order valence-electron chi connectivity index (χ2n) is 4.24. The molecule has 1 rings (SSSR count). The molecule has 0 saturated heterocycles. The van der Waals surface area contributed by atoms with E-state index in [1.54, 1.807) is 0 Å². The first-order valence-electron chi connectivity index (χ1n) is 6.03. The lowest BCUT2D eigenvalue weighted by molar-refractivity contribution is -0.115. The van der Waals surface area contributed by atoms with Crippen molar-refractivity contribution >= 4 is 27.1 Å². The summed E-state index contributed by atoms with van der Waals surface area (Å²) in [7, 11) is -3.50. The average molecular weight is 324 g/mol. The quantitative estimate of drug-likeness (QED) is 0.840. The Morgan fingerprint density at radius 2 is 1.76 bits per heavy atom. The highest BCUT2D eigenvalue weighted by Crippen LogP contribution is 2.23. The molecular weight excluding hydrogens is 309 g/mol. The number of halogens is 3. The van der Waals surface area contributed by atoms with Gasteiger partial charge in [0, 0.05) is 5.75 Å². The molecule has 0 heterocycles. The lowest BCUT2D eigenvalue weighted by atomic mass is 10.2. The molecule has 21 heavy (non-hydrogen) atoms. The van der Waals surface area contributed by atoms with Crippen LogP contribution in [-0.2, 0) is 14.6 Å². The van der Waals surface area contributed by atoms with Crippen LogP contribution >= 0.6 is 0 Å². The number of carbonyl (C=O) groups excluding carboxylic acids is 1. The maximum absolute atomic E-state index is 12.2. The maximum Gasteiger partial charge on any atom is 0.405 e. The summed E-state index contributed by atoms with van der Waals surface area (Å²) in [5, 5.41) is 4.44. The molecule has 0 aliphatic heterocycles. The van der Waals surface area contributed by atoms with E-state index < -0.39 is 34.2 Å². The number of benzene rings is 1. The number of para-hydroxylation sites is 2. The van der Waals surface area contributed by atoms with Crippen LogP contribution in [0.5, 0.6) is 0 Å². The molecule has 0 fully saturated rings. The Morgan fingerprint density at radius 1 is 1.19 bits per heavy atom. The number of sulfone groups is 1. The summed E-state index contributed by atoms with van der Waals surface area (Å²) >= 11 is 0. The van der Waals surface area contributed by atoms with Gasteiger partial charge in [-0.25, -0.2) is 8.42 Å². The Labute approximate surface area is 120 Å². The average Bonchev–Trinajstić information content (AvgIpc) is 2.36. The highest BCUT2D eigenvalue weighted by atomic mass is 32.2. The standard InChI is InChI=1S/C12H15F3N2O3S/c1-2-21(19,20)7-11(18)17-10-6-4-3-5-9(10)16-8-12(13,14)15/h3-6,16H,2,7-8H2,1H3,(H,17,18). The van der Waals surface area contributed by atoms with Crippen molar-refractivity contribution in [2.24, 2.45) is 0 Å².